The molecule has 0 radical (unpaired) electrons. The number of nitrogens with one attached hydrogen (secondary N) is 1. The SMILES string of the molecule is O=C(CSc1nc2ccsc2c(=O)n1Cc1ccc2c(c1)OCO2)NCCC1=CCCCC1. The maximum absolute atomic E-state index is 13.2. The molecule has 3 aromatic rings. The Labute approximate surface area is 199 Å². The van der Waals surface area contributed by atoms with Crippen molar-refractivity contribution in [3.05, 3.63) is 57.2 Å². The minimum atomic E-state index is -0.0974. The van der Waals surface area contributed by atoms with E-state index in [-0.39, 0.29) is 24.0 Å². The second kappa shape index (κ2) is 10.0. The zero-order chi connectivity index (χ0) is 22.6. The molecule has 2 aliphatic rings. The number of hydrogen-bond donors (Lipinski definition) is 1. The van der Waals surface area contributed by atoms with Crippen LogP contribution in [0.3, 0.4) is 0 Å². The molecule has 1 aliphatic carbocycles. The van der Waals surface area contributed by atoms with Gasteiger partial charge in [0.05, 0.1) is 17.8 Å². The fourth-order valence-electron chi connectivity index (χ4n) is 4.07. The predicted molar refractivity (Wildman–Crippen MR) is 130 cm³/mol. The Kier molecular flexibility index (Phi) is 6.68. The van der Waals surface area contributed by atoms with Crippen molar-refractivity contribution in [1.29, 1.82) is 0 Å². The Bertz CT molecular complexity index is 1260. The number of amides is 1. The van der Waals surface area contributed by atoms with Gasteiger partial charge in [-0.25, -0.2) is 4.98 Å². The van der Waals surface area contributed by atoms with E-state index in [1.807, 2.05) is 29.6 Å². The van der Waals surface area contributed by atoms with Gasteiger partial charge in [-0.2, -0.15) is 0 Å². The van der Waals surface area contributed by atoms with Crippen LogP contribution in [0.1, 0.15) is 37.7 Å². The summed E-state index contributed by atoms with van der Waals surface area (Å²) in [5.41, 5.74) is 2.92. The molecular formula is C24H25N3O4S2. The summed E-state index contributed by atoms with van der Waals surface area (Å²) in [5, 5.41) is 5.40. The van der Waals surface area contributed by atoms with Crippen LogP contribution in [0, 0.1) is 0 Å². The molecule has 0 bridgehead atoms. The van der Waals surface area contributed by atoms with Gasteiger partial charge in [0.25, 0.3) is 5.56 Å². The number of benzene rings is 1. The maximum Gasteiger partial charge on any atom is 0.272 e. The minimum Gasteiger partial charge on any atom is -0.454 e. The van der Waals surface area contributed by atoms with Gasteiger partial charge in [0.2, 0.25) is 12.7 Å². The van der Waals surface area contributed by atoms with E-state index in [9.17, 15) is 9.59 Å². The van der Waals surface area contributed by atoms with E-state index < -0.39 is 0 Å². The van der Waals surface area contributed by atoms with Gasteiger partial charge >= 0.3 is 0 Å². The van der Waals surface area contributed by atoms with Crippen molar-refractivity contribution in [2.45, 2.75) is 43.8 Å². The predicted octanol–water partition coefficient (Wildman–Crippen LogP) is 4.33. The number of allylic oxidation sites excluding steroid dienone is 1. The highest BCUT2D eigenvalue weighted by Gasteiger charge is 2.17. The van der Waals surface area contributed by atoms with E-state index in [2.05, 4.69) is 16.4 Å². The Hall–Kier alpha value is -2.78. The average molecular weight is 484 g/mol. The van der Waals surface area contributed by atoms with Crippen molar-refractivity contribution in [2.24, 2.45) is 0 Å². The van der Waals surface area contributed by atoms with Crippen LogP contribution in [0.25, 0.3) is 10.2 Å². The van der Waals surface area contributed by atoms with Gasteiger partial charge in [-0.15, -0.1) is 11.3 Å². The first kappa shape index (κ1) is 22.0. The molecule has 0 atom stereocenters. The van der Waals surface area contributed by atoms with Gasteiger partial charge in [0.15, 0.2) is 16.7 Å². The number of nitrogens with zero attached hydrogens (tertiary/aromatic N) is 2. The normalized spacial score (nSPS) is 15.0. The van der Waals surface area contributed by atoms with E-state index in [1.54, 1.807) is 4.57 Å². The summed E-state index contributed by atoms with van der Waals surface area (Å²) >= 11 is 2.67. The van der Waals surface area contributed by atoms with Crippen molar-refractivity contribution in [3.8, 4) is 11.5 Å². The largest absolute Gasteiger partial charge is 0.454 e. The highest BCUT2D eigenvalue weighted by atomic mass is 32.2. The van der Waals surface area contributed by atoms with Crippen LogP contribution >= 0.6 is 23.1 Å². The highest BCUT2D eigenvalue weighted by Crippen LogP contribution is 2.33. The molecule has 0 saturated heterocycles. The molecule has 3 heterocycles. The Morgan fingerprint density at radius 2 is 2.12 bits per heavy atom. The molecule has 0 fully saturated rings. The van der Waals surface area contributed by atoms with Gasteiger partial charge in [-0.05, 0) is 61.2 Å². The summed E-state index contributed by atoms with van der Waals surface area (Å²) in [4.78, 5) is 30.3. The van der Waals surface area contributed by atoms with E-state index >= 15 is 0 Å². The van der Waals surface area contributed by atoms with Crippen LogP contribution < -0.4 is 20.3 Å². The molecule has 5 rings (SSSR count). The number of carbonyl (C=O) groups excluding carboxylic acids is 1. The van der Waals surface area contributed by atoms with Crippen LogP contribution in [0.5, 0.6) is 11.5 Å². The minimum absolute atomic E-state index is 0.0503. The smallest absolute Gasteiger partial charge is 0.272 e. The molecule has 2 aromatic heterocycles. The summed E-state index contributed by atoms with van der Waals surface area (Å²) in [6, 6.07) is 7.49. The van der Waals surface area contributed by atoms with Gasteiger partial charge in [0, 0.05) is 6.54 Å². The Morgan fingerprint density at radius 1 is 1.21 bits per heavy atom. The number of carbonyl (C=O) groups is 1. The fraction of sp³-hybridized carbons (Fsp3) is 0.375. The molecule has 0 saturated carbocycles. The summed E-state index contributed by atoms with van der Waals surface area (Å²) in [6.45, 7) is 1.19. The summed E-state index contributed by atoms with van der Waals surface area (Å²) in [7, 11) is 0. The number of ether oxygens (including phenoxy) is 2. The summed E-state index contributed by atoms with van der Waals surface area (Å²) in [6.07, 6.45) is 8.01. The first-order valence-corrected chi connectivity index (χ1v) is 13.0. The molecular weight excluding hydrogens is 458 g/mol. The number of rotatable bonds is 8. The third-order valence-electron chi connectivity index (χ3n) is 5.79. The summed E-state index contributed by atoms with van der Waals surface area (Å²) in [5.74, 6) is 1.54. The molecule has 1 aromatic carbocycles. The lowest BCUT2D eigenvalue weighted by molar-refractivity contribution is -0.118. The number of thioether (sulfide) groups is 1. The second-order valence-corrected chi connectivity index (χ2v) is 9.96. The Balaban J connectivity index is 1.29. The lowest BCUT2D eigenvalue weighted by Gasteiger charge is -2.14. The van der Waals surface area contributed by atoms with Crippen molar-refractivity contribution < 1.29 is 14.3 Å². The fourth-order valence-corrected chi connectivity index (χ4v) is 5.68. The van der Waals surface area contributed by atoms with Crippen molar-refractivity contribution >= 4 is 39.2 Å². The van der Waals surface area contributed by atoms with Crippen LogP contribution in [-0.2, 0) is 11.3 Å². The molecule has 7 nitrogen and oxygen atoms in total. The van der Waals surface area contributed by atoms with Crippen molar-refractivity contribution in [2.75, 3.05) is 19.1 Å². The lowest BCUT2D eigenvalue weighted by Crippen LogP contribution is -2.28. The van der Waals surface area contributed by atoms with E-state index in [4.69, 9.17) is 9.47 Å². The van der Waals surface area contributed by atoms with E-state index in [0.717, 1.165) is 24.8 Å². The van der Waals surface area contributed by atoms with Gasteiger partial charge in [-0.3, -0.25) is 14.2 Å². The number of aromatic nitrogens is 2. The third kappa shape index (κ3) is 5.09. The monoisotopic (exact) mass is 483 g/mol. The van der Waals surface area contributed by atoms with E-state index in [1.165, 1.54) is 41.5 Å². The lowest BCUT2D eigenvalue weighted by atomic mass is 9.97. The third-order valence-corrected chi connectivity index (χ3v) is 7.66. The van der Waals surface area contributed by atoms with Crippen LogP contribution in [0.2, 0.25) is 0 Å². The number of thiophene rings is 1. The molecule has 172 valence electrons. The first-order chi connectivity index (χ1) is 16.2. The van der Waals surface area contributed by atoms with Gasteiger partial charge in [-0.1, -0.05) is 29.5 Å². The average Bonchev–Trinajstić information content (AvgIpc) is 3.49. The number of fused-ring (bicyclic) bond motifs is 2. The van der Waals surface area contributed by atoms with Gasteiger partial charge in [0.1, 0.15) is 4.70 Å². The standard InChI is InChI=1S/C24H25N3O4S2/c28-21(25-10-8-16-4-2-1-3-5-16)14-33-24-26-18-9-11-32-22(18)23(29)27(24)13-17-6-7-19-20(12-17)31-15-30-19/h4,6-7,9,11-12H,1-3,5,8,10,13-15H2,(H,25,28). The highest BCUT2D eigenvalue weighted by molar-refractivity contribution is 7.99. The quantitative estimate of drug-likeness (QED) is 0.292. The van der Waals surface area contributed by atoms with Crippen molar-refractivity contribution in [1.82, 2.24) is 14.9 Å². The number of hydrogen-bond acceptors (Lipinski definition) is 7. The zero-order valence-electron chi connectivity index (χ0n) is 18.2. The van der Waals surface area contributed by atoms with Gasteiger partial charge < -0.3 is 14.8 Å². The van der Waals surface area contributed by atoms with Crippen molar-refractivity contribution in [3.63, 3.8) is 0 Å². The molecule has 0 unspecified atom stereocenters. The Morgan fingerprint density at radius 3 is 3.00 bits per heavy atom. The van der Waals surface area contributed by atoms with Crippen LogP contribution in [-0.4, -0.2) is 34.5 Å². The maximum atomic E-state index is 13.2. The molecule has 0 spiro atoms. The second-order valence-electron chi connectivity index (χ2n) is 8.11. The molecule has 33 heavy (non-hydrogen) atoms. The first-order valence-electron chi connectivity index (χ1n) is 11.1. The summed E-state index contributed by atoms with van der Waals surface area (Å²) < 4.78 is 13.1. The topological polar surface area (TPSA) is 82.5 Å². The molecule has 1 N–H and O–H groups in total. The molecule has 1 amide bonds. The molecule has 1 aliphatic heterocycles. The van der Waals surface area contributed by atoms with E-state index in [0.29, 0.717) is 40.0 Å². The molecule has 9 heteroatoms. The van der Waals surface area contributed by atoms with Crippen LogP contribution in [0.4, 0.5) is 0 Å². The zero-order valence-corrected chi connectivity index (χ0v) is 19.8. The van der Waals surface area contributed by atoms with Crippen LogP contribution in [0.15, 0.2) is 51.2 Å².